The van der Waals surface area contributed by atoms with E-state index in [0.717, 1.165) is 12.6 Å². The van der Waals surface area contributed by atoms with Crippen molar-refractivity contribution in [3.05, 3.63) is 29.3 Å². The summed E-state index contributed by atoms with van der Waals surface area (Å²) in [6, 6.07) is 7.57. The first-order chi connectivity index (χ1) is 8.22. The molecule has 1 aliphatic rings. The zero-order chi connectivity index (χ0) is 12.3. The number of nitrogens with one attached hydrogen (secondary N) is 1. The van der Waals surface area contributed by atoms with Gasteiger partial charge in [0.05, 0.1) is 0 Å². The second kappa shape index (κ2) is 5.54. The predicted molar refractivity (Wildman–Crippen MR) is 74.6 cm³/mol. The van der Waals surface area contributed by atoms with E-state index >= 15 is 0 Å². The zero-order valence-electron chi connectivity index (χ0n) is 11.3. The largest absolute Gasteiger partial charge is 0.371 e. The van der Waals surface area contributed by atoms with Crippen LogP contribution in [0, 0.1) is 6.92 Å². The summed E-state index contributed by atoms with van der Waals surface area (Å²) in [6.45, 7) is 3.17. The van der Waals surface area contributed by atoms with Crippen molar-refractivity contribution in [1.29, 1.82) is 0 Å². The maximum absolute atomic E-state index is 3.20. The number of anilines is 1. The third-order valence-electron chi connectivity index (χ3n) is 3.89. The summed E-state index contributed by atoms with van der Waals surface area (Å²) in [5.74, 6) is 0. The molecule has 0 unspecified atom stereocenters. The van der Waals surface area contributed by atoms with Crippen LogP contribution < -0.4 is 10.2 Å². The SMILES string of the molecule is CNCc1ccc(N(C)C2CCCC2)c(C)c1. The summed E-state index contributed by atoms with van der Waals surface area (Å²) in [5.41, 5.74) is 4.16. The number of hydrogen-bond acceptors (Lipinski definition) is 2. The summed E-state index contributed by atoms with van der Waals surface area (Å²) in [7, 11) is 4.24. The van der Waals surface area contributed by atoms with Gasteiger partial charge in [-0.2, -0.15) is 0 Å². The molecular formula is C15H24N2. The van der Waals surface area contributed by atoms with Crippen LogP contribution in [0.15, 0.2) is 18.2 Å². The molecule has 2 rings (SSSR count). The summed E-state index contributed by atoms with van der Waals surface area (Å²) in [4.78, 5) is 2.48. The van der Waals surface area contributed by atoms with Gasteiger partial charge in [-0.25, -0.2) is 0 Å². The lowest BCUT2D eigenvalue weighted by atomic mass is 10.1. The summed E-state index contributed by atoms with van der Waals surface area (Å²) >= 11 is 0. The molecule has 0 atom stereocenters. The van der Waals surface area contributed by atoms with Crippen molar-refractivity contribution < 1.29 is 0 Å². The van der Waals surface area contributed by atoms with E-state index in [2.05, 4.69) is 42.4 Å². The van der Waals surface area contributed by atoms with Gasteiger partial charge in [0.15, 0.2) is 0 Å². The van der Waals surface area contributed by atoms with Crippen molar-refractivity contribution >= 4 is 5.69 Å². The molecule has 1 aromatic carbocycles. The molecule has 1 aliphatic carbocycles. The average Bonchev–Trinajstić information content (AvgIpc) is 2.82. The molecule has 1 N–H and O–H groups in total. The number of benzene rings is 1. The Kier molecular flexibility index (Phi) is 4.06. The Morgan fingerprint density at radius 2 is 2.00 bits per heavy atom. The Labute approximate surface area is 105 Å². The predicted octanol–water partition coefficient (Wildman–Crippen LogP) is 3.09. The van der Waals surface area contributed by atoms with Gasteiger partial charge in [-0.3, -0.25) is 0 Å². The molecule has 94 valence electrons. The Morgan fingerprint density at radius 3 is 2.59 bits per heavy atom. The second-order valence-electron chi connectivity index (χ2n) is 5.20. The number of nitrogens with zero attached hydrogens (tertiary/aromatic N) is 1. The molecule has 0 spiro atoms. The van der Waals surface area contributed by atoms with Gasteiger partial charge in [0, 0.05) is 25.3 Å². The highest BCUT2D eigenvalue weighted by Gasteiger charge is 2.20. The molecule has 1 aromatic rings. The molecule has 0 aromatic heterocycles. The minimum absolute atomic E-state index is 0.754. The van der Waals surface area contributed by atoms with Crippen LogP contribution >= 0.6 is 0 Å². The van der Waals surface area contributed by atoms with Crippen molar-refractivity contribution in [2.24, 2.45) is 0 Å². The van der Waals surface area contributed by atoms with Gasteiger partial charge in [0.25, 0.3) is 0 Å². The smallest absolute Gasteiger partial charge is 0.0396 e. The van der Waals surface area contributed by atoms with E-state index in [4.69, 9.17) is 0 Å². The monoisotopic (exact) mass is 232 g/mol. The van der Waals surface area contributed by atoms with Gasteiger partial charge in [-0.05, 0) is 44.0 Å². The number of rotatable bonds is 4. The van der Waals surface area contributed by atoms with Crippen LogP contribution in [0.3, 0.4) is 0 Å². The Balaban J connectivity index is 2.14. The third kappa shape index (κ3) is 2.81. The van der Waals surface area contributed by atoms with E-state index in [1.54, 1.807) is 0 Å². The first-order valence-corrected chi connectivity index (χ1v) is 6.69. The normalized spacial score (nSPS) is 16.4. The molecule has 0 bridgehead atoms. The van der Waals surface area contributed by atoms with Crippen molar-refractivity contribution in [2.45, 2.75) is 45.2 Å². The van der Waals surface area contributed by atoms with E-state index in [9.17, 15) is 0 Å². The minimum atomic E-state index is 0.754. The summed E-state index contributed by atoms with van der Waals surface area (Å²) < 4.78 is 0. The van der Waals surface area contributed by atoms with E-state index in [-0.39, 0.29) is 0 Å². The molecule has 2 heteroatoms. The third-order valence-corrected chi connectivity index (χ3v) is 3.89. The van der Waals surface area contributed by atoms with Crippen LogP contribution in [0.25, 0.3) is 0 Å². The molecule has 2 nitrogen and oxygen atoms in total. The first-order valence-electron chi connectivity index (χ1n) is 6.69. The number of hydrogen-bond donors (Lipinski definition) is 1. The molecule has 1 saturated carbocycles. The lowest BCUT2D eigenvalue weighted by Crippen LogP contribution is -2.29. The second-order valence-corrected chi connectivity index (χ2v) is 5.20. The first kappa shape index (κ1) is 12.4. The lowest BCUT2D eigenvalue weighted by molar-refractivity contribution is 0.651. The molecule has 0 heterocycles. The molecule has 0 radical (unpaired) electrons. The van der Waals surface area contributed by atoms with E-state index in [1.807, 2.05) is 7.05 Å². The number of aryl methyl sites for hydroxylation is 1. The van der Waals surface area contributed by atoms with Crippen LogP contribution in [0.4, 0.5) is 5.69 Å². The fourth-order valence-corrected chi connectivity index (χ4v) is 2.92. The molecule has 0 amide bonds. The minimum Gasteiger partial charge on any atom is -0.371 e. The quantitative estimate of drug-likeness (QED) is 0.858. The van der Waals surface area contributed by atoms with Crippen molar-refractivity contribution in [3.63, 3.8) is 0 Å². The van der Waals surface area contributed by atoms with Gasteiger partial charge in [-0.15, -0.1) is 0 Å². The molecular weight excluding hydrogens is 208 g/mol. The highest BCUT2D eigenvalue weighted by molar-refractivity contribution is 5.54. The highest BCUT2D eigenvalue weighted by atomic mass is 15.1. The Hall–Kier alpha value is -1.02. The van der Waals surface area contributed by atoms with Crippen LogP contribution in [-0.2, 0) is 6.54 Å². The Bertz CT molecular complexity index is 367. The zero-order valence-corrected chi connectivity index (χ0v) is 11.3. The van der Waals surface area contributed by atoms with Crippen molar-refractivity contribution in [2.75, 3.05) is 19.0 Å². The summed E-state index contributed by atoms with van der Waals surface area (Å²) in [5, 5.41) is 3.20. The van der Waals surface area contributed by atoms with Gasteiger partial charge in [-0.1, -0.05) is 25.0 Å². The van der Waals surface area contributed by atoms with Gasteiger partial charge in [0.1, 0.15) is 0 Å². The van der Waals surface area contributed by atoms with Gasteiger partial charge in [0.2, 0.25) is 0 Å². The van der Waals surface area contributed by atoms with Crippen LogP contribution in [0.5, 0.6) is 0 Å². The van der Waals surface area contributed by atoms with Crippen molar-refractivity contribution in [3.8, 4) is 0 Å². The van der Waals surface area contributed by atoms with E-state index in [1.165, 1.54) is 42.5 Å². The van der Waals surface area contributed by atoms with E-state index in [0.29, 0.717) is 0 Å². The van der Waals surface area contributed by atoms with Crippen LogP contribution in [-0.4, -0.2) is 20.1 Å². The maximum Gasteiger partial charge on any atom is 0.0396 e. The summed E-state index contributed by atoms with van der Waals surface area (Å²) in [6.07, 6.45) is 5.50. The van der Waals surface area contributed by atoms with Gasteiger partial charge < -0.3 is 10.2 Å². The Morgan fingerprint density at radius 1 is 1.29 bits per heavy atom. The molecule has 0 aliphatic heterocycles. The van der Waals surface area contributed by atoms with E-state index < -0.39 is 0 Å². The van der Waals surface area contributed by atoms with Crippen LogP contribution in [0.1, 0.15) is 36.8 Å². The standard InChI is InChI=1S/C15H24N2/c1-12-10-13(11-16-2)8-9-15(12)17(3)14-6-4-5-7-14/h8-10,14,16H,4-7,11H2,1-3H3. The highest BCUT2D eigenvalue weighted by Crippen LogP contribution is 2.29. The molecule has 0 saturated heterocycles. The fourth-order valence-electron chi connectivity index (χ4n) is 2.92. The fraction of sp³-hybridized carbons (Fsp3) is 0.600. The lowest BCUT2D eigenvalue weighted by Gasteiger charge is -2.28. The topological polar surface area (TPSA) is 15.3 Å². The average molecular weight is 232 g/mol. The maximum atomic E-state index is 3.20. The van der Waals surface area contributed by atoms with Gasteiger partial charge >= 0.3 is 0 Å². The van der Waals surface area contributed by atoms with Crippen LogP contribution in [0.2, 0.25) is 0 Å². The van der Waals surface area contributed by atoms with Crippen molar-refractivity contribution in [1.82, 2.24) is 5.32 Å². The molecule has 17 heavy (non-hydrogen) atoms. The molecule has 1 fully saturated rings.